The average molecular weight is 296 g/mol. The normalized spacial score (nSPS) is 11.0. The summed E-state index contributed by atoms with van der Waals surface area (Å²) in [5.41, 5.74) is 2.76. The van der Waals surface area contributed by atoms with Gasteiger partial charge in [0.15, 0.2) is 0 Å². The van der Waals surface area contributed by atoms with Gasteiger partial charge in [0.2, 0.25) is 9.76 Å². The third-order valence-electron chi connectivity index (χ3n) is 3.65. The fourth-order valence-electron chi connectivity index (χ4n) is 2.47. The first-order valence-electron chi connectivity index (χ1n) is 7.86. The molecule has 0 saturated heterocycles. The van der Waals surface area contributed by atoms with Crippen molar-refractivity contribution in [1.29, 1.82) is 0 Å². The predicted molar refractivity (Wildman–Crippen MR) is 90.8 cm³/mol. The zero-order valence-electron chi connectivity index (χ0n) is 12.8. The second kappa shape index (κ2) is 9.53. The van der Waals surface area contributed by atoms with E-state index in [1.165, 1.54) is 30.0 Å². The highest BCUT2D eigenvalue weighted by Gasteiger charge is 2.13. The summed E-state index contributed by atoms with van der Waals surface area (Å²) in [5, 5.41) is 0. The van der Waals surface area contributed by atoms with Crippen molar-refractivity contribution in [1.82, 2.24) is 0 Å². The van der Waals surface area contributed by atoms with Gasteiger partial charge in [-0.05, 0) is 23.6 Å². The molecule has 2 heteroatoms. The van der Waals surface area contributed by atoms with Crippen LogP contribution in [0, 0.1) is 0 Å². The van der Waals surface area contributed by atoms with Gasteiger partial charge in [-0.3, -0.25) is 0 Å². The molecule has 0 aliphatic carbocycles. The third kappa shape index (κ3) is 5.48. The molecule has 0 atom stereocenters. The number of hydrogen-bond donors (Lipinski definition) is 0. The van der Waals surface area contributed by atoms with Crippen molar-refractivity contribution >= 4 is 9.76 Å². The topological polar surface area (TPSA) is 9.23 Å². The zero-order chi connectivity index (χ0) is 14.8. The molecule has 2 radical (unpaired) electrons. The van der Waals surface area contributed by atoms with E-state index < -0.39 is 0 Å². The molecule has 110 valence electrons. The van der Waals surface area contributed by atoms with Crippen LogP contribution in [0.2, 0.25) is 6.04 Å². The monoisotopic (exact) mass is 296 g/mol. The first-order chi connectivity index (χ1) is 10.4. The molecule has 0 aliphatic heterocycles. The Balaban J connectivity index is 1.94. The molecule has 2 rings (SSSR count). The van der Waals surface area contributed by atoms with Crippen LogP contribution in [0.15, 0.2) is 60.7 Å². The molecule has 0 heterocycles. The Labute approximate surface area is 131 Å². The minimum absolute atomic E-state index is 0.434. The molecule has 0 saturated carbocycles. The summed E-state index contributed by atoms with van der Waals surface area (Å²) in [6.45, 7) is 3.07. The molecule has 21 heavy (non-hydrogen) atoms. The van der Waals surface area contributed by atoms with Crippen LogP contribution in [0.25, 0.3) is 0 Å². The van der Waals surface area contributed by atoms with E-state index in [1.54, 1.807) is 0 Å². The maximum Gasteiger partial charge on any atom is 0.229 e. The SMILES string of the molecule is CCCC[Si]OCCC(c1ccccc1)c1ccccc1. The lowest BCUT2D eigenvalue weighted by atomic mass is 9.89. The highest BCUT2D eigenvalue weighted by Crippen LogP contribution is 2.27. The summed E-state index contributed by atoms with van der Waals surface area (Å²) in [4.78, 5) is 0. The predicted octanol–water partition coefficient (Wildman–Crippen LogP) is 5.06. The van der Waals surface area contributed by atoms with E-state index in [0.29, 0.717) is 15.7 Å². The van der Waals surface area contributed by atoms with E-state index in [4.69, 9.17) is 4.43 Å². The van der Waals surface area contributed by atoms with Crippen molar-refractivity contribution in [3.63, 3.8) is 0 Å². The molecular formula is C19H24OSi. The van der Waals surface area contributed by atoms with Crippen LogP contribution in [0.5, 0.6) is 0 Å². The first-order valence-corrected chi connectivity index (χ1v) is 8.98. The molecule has 0 N–H and O–H groups in total. The molecule has 1 nitrogen and oxygen atoms in total. The lowest BCUT2D eigenvalue weighted by Gasteiger charge is -2.18. The summed E-state index contributed by atoms with van der Waals surface area (Å²) >= 11 is 0. The molecule has 2 aromatic rings. The molecule has 2 aromatic carbocycles. The zero-order valence-corrected chi connectivity index (χ0v) is 13.8. The molecule has 0 fully saturated rings. The Morgan fingerprint density at radius 2 is 1.48 bits per heavy atom. The number of unbranched alkanes of at least 4 members (excludes halogenated alkanes) is 1. The van der Waals surface area contributed by atoms with E-state index >= 15 is 0 Å². The summed E-state index contributed by atoms with van der Waals surface area (Å²) in [7, 11) is 0.654. The quantitative estimate of drug-likeness (QED) is 0.464. The van der Waals surface area contributed by atoms with Crippen LogP contribution >= 0.6 is 0 Å². The number of rotatable bonds is 9. The van der Waals surface area contributed by atoms with E-state index in [-0.39, 0.29) is 0 Å². The highest BCUT2D eigenvalue weighted by molar-refractivity contribution is 6.26. The highest BCUT2D eigenvalue weighted by atomic mass is 28.2. The van der Waals surface area contributed by atoms with E-state index in [1.807, 2.05) is 0 Å². The summed E-state index contributed by atoms with van der Waals surface area (Å²) < 4.78 is 5.84. The van der Waals surface area contributed by atoms with Gasteiger partial charge in [-0.2, -0.15) is 0 Å². The minimum atomic E-state index is 0.434. The Kier molecular flexibility index (Phi) is 7.26. The van der Waals surface area contributed by atoms with Crippen molar-refractivity contribution in [3.05, 3.63) is 71.8 Å². The first kappa shape index (κ1) is 16.0. The van der Waals surface area contributed by atoms with Crippen LogP contribution in [0.1, 0.15) is 43.2 Å². The average Bonchev–Trinajstić information content (AvgIpc) is 2.56. The van der Waals surface area contributed by atoms with Crippen molar-refractivity contribution in [2.24, 2.45) is 0 Å². The smallest absolute Gasteiger partial charge is 0.229 e. The molecule has 0 aromatic heterocycles. The van der Waals surface area contributed by atoms with Gasteiger partial charge in [-0.15, -0.1) is 0 Å². The van der Waals surface area contributed by atoms with Gasteiger partial charge in [-0.25, -0.2) is 0 Å². The third-order valence-corrected chi connectivity index (χ3v) is 4.61. The molecule has 0 bridgehead atoms. The Morgan fingerprint density at radius 1 is 0.905 bits per heavy atom. The standard InChI is InChI=1S/C19H24OSi/c1-2-3-16-21-20-15-14-19(17-10-6-4-7-11-17)18-12-8-5-9-13-18/h4-13,19H,2-3,14-16H2,1H3. The van der Waals surface area contributed by atoms with Crippen molar-refractivity contribution in [2.45, 2.75) is 38.1 Å². The van der Waals surface area contributed by atoms with Gasteiger partial charge in [-0.1, -0.05) is 80.4 Å². The number of benzene rings is 2. The fourth-order valence-corrected chi connectivity index (χ4v) is 3.37. The Hall–Kier alpha value is -1.38. The number of hydrogen-bond acceptors (Lipinski definition) is 1. The van der Waals surface area contributed by atoms with Crippen molar-refractivity contribution in [2.75, 3.05) is 6.61 Å². The molecular weight excluding hydrogens is 272 g/mol. The Bertz CT molecular complexity index is 444. The van der Waals surface area contributed by atoms with Gasteiger partial charge in [0.25, 0.3) is 0 Å². The lowest BCUT2D eigenvalue weighted by molar-refractivity contribution is 0.319. The van der Waals surface area contributed by atoms with Crippen LogP contribution in [0.3, 0.4) is 0 Å². The van der Waals surface area contributed by atoms with Gasteiger partial charge >= 0.3 is 0 Å². The summed E-state index contributed by atoms with van der Waals surface area (Å²) in [6.07, 6.45) is 3.58. The second-order valence-electron chi connectivity index (χ2n) is 5.26. The van der Waals surface area contributed by atoms with E-state index in [0.717, 1.165) is 13.0 Å². The maximum atomic E-state index is 5.84. The molecule has 0 spiro atoms. The maximum absolute atomic E-state index is 5.84. The van der Waals surface area contributed by atoms with Crippen LogP contribution in [-0.2, 0) is 4.43 Å². The summed E-state index contributed by atoms with van der Waals surface area (Å²) in [5.74, 6) is 0.434. The van der Waals surface area contributed by atoms with Crippen molar-refractivity contribution < 1.29 is 4.43 Å². The van der Waals surface area contributed by atoms with E-state index in [2.05, 4.69) is 67.6 Å². The molecule has 0 unspecified atom stereocenters. The largest absolute Gasteiger partial charge is 0.417 e. The van der Waals surface area contributed by atoms with Crippen molar-refractivity contribution in [3.8, 4) is 0 Å². The summed E-state index contributed by atoms with van der Waals surface area (Å²) in [6, 6.07) is 22.7. The molecule has 0 amide bonds. The van der Waals surface area contributed by atoms with E-state index in [9.17, 15) is 0 Å². The minimum Gasteiger partial charge on any atom is -0.417 e. The Morgan fingerprint density at radius 3 is 2.00 bits per heavy atom. The van der Waals surface area contributed by atoms with Gasteiger partial charge < -0.3 is 4.43 Å². The fraction of sp³-hybridized carbons (Fsp3) is 0.368. The second-order valence-corrected chi connectivity index (χ2v) is 6.34. The van der Waals surface area contributed by atoms with Gasteiger partial charge in [0, 0.05) is 12.5 Å². The van der Waals surface area contributed by atoms with Crippen LogP contribution in [0.4, 0.5) is 0 Å². The molecule has 0 aliphatic rings. The van der Waals surface area contributed by atoms with Crippen LogP contribution in [-0.4, -0.2) is 16.4 Å². The van der Waals surface area contributed by atoms with Crippen LogP contribution < -0.4 is 0 Å². The van der Waals surface area contributed by atoms with Gasteiger partial charge in [0.05, 0.1) is 0 Å². The van der Waals surface area contributed by atoms with Gasteiger partial charge in [0.1, 0.15) is 0 Å². The lowest BCUT2D eigenvalue weighted by Crippen LogP contribution is -2.07.